The van der Waals surface area contributed by atoms with Gasteiger partial charge in [0.2, 0.25) is 0 Å². The van der Waals surface area contributed by atoms with Crippen LogP contribution in [0.2, 0.25) is 0 Å². The number of alkyl halides is 1. The average Bonchev–Trinajstić information content (AvgIpc) is 2.94. The molecule has 1 unspecified atom stereocenters. The number of hydrogen-bond acceptors (Lipinski definition) is 3. The summed E-state index contributed by atoms with van der Waals surface area (Å²) in [4.78, 5) is 2.48. The van der Waals surface area contributed by atoms with Gasteiger partial charge in [0.1, 0.15) is 5.00 Å². The molecule has 84 valence electrons. The maximum absolute atomic E-state index is 4.50. The largest absolute Gasteiger partial charge is 0.361 e. The lowest BCUT2D eigenvalue weighted by atomic mass is 10.2. The van der Waals surface area contributed by atoms with Crippen LogP contribution in [0.3, 0.4) is 0 Å². The Bertz CT molecular complexity index is 496. The van der Waals surface area contributed by atoms with Crippen molar-refractivity contribution in [1.82, 2.24) is 4.37 Å². The molecule has 0 amide bonds. The van der Waals surface area contributed by atoms with E-state index < -0.39 is 0 Å². The van der Waals surface area contributed by atoms with Crippen LogP contribution in [0.5, 0.6) is 0 Å². The summed E-state index contributed by atoms with van der Waals surface area (Å²) >= 11 is 5.21. The first-order chi connectivity index (χ1) is 7.88. The first-order valence-electron chi connectivity index (χ1n) is 5.54. The minimum Gasteiger partial charge on any atom is -0.361 e. The predicted molar refractivity (Wildman–Crippen MR) is 73.7 cm³/mol. The number of fused-ring (bicyclic) bond motifs is 1. The van der Waals surface area contributed by atoms with Crippen molar-refractivity contribution < 1.29 is 0 Å². The molecule has 0 bridgehead atoms. The van der Waals surface area contributed by atoms with Gasteiger partial charge in [0.15, 0.2) is 0 Å². The lowest BCUT2D eigenvalue weighted by Gasteiger charge is -2.15. The Balaban J connectivity index is 1.95. The van der Waals surface area contributed by atoms with Crippen LogP contribution in [-0.4, -0.2) is 22.8 Å². The summed E-state index contributed by atoms with van der Waals surface area (Å²) in [6.45, 7) is 2.33. The molecule has 1 aromatic heterocycles. The maximum Gasteiger partial charge on any atom is 0.119 e. The fraction of sp³-hybridized carbons (Fsp3) is 0.417. The lowest BCUT2D eigenvalue weighted by Crippen LogP contribution is -2.18. The molecule has 2 aromatic rings. The van der Waals surface area contributed by atoms with Crippen molar-refractivity contribution in [3.8, 4) is 0 Å². The summed E-state index contributed by atoms with van der Waals surface area (Å²) in [5.74, 6) is 0.792. The molecule has 0 aliphatic carbocycles. The number of aromatic nitrogens is 1. The van der Waals surface area contributed by atoms with E-state index in [1.807, 2.05) is 0 Å². The van der Waals surface area contributed by atoms with Crippen LogP contribution in [0.15, 0.2) is 24.3 Å². The highest BCUT2D eigenvalue weighted by atomic mass is 79.9. The Kier molecular flexibility index (Phi) is 2.86. The third-order valence-electron chi connectivity index (χ3n) is 3.16. The van der Waals surface area contributed by atoms with E-state index in [2.05, 4.69) is 49.5 Å². The van der Waals surface area contributed by atoms with Gasteiger partial charge >= 0.3 is 0 Å². The molecule has 3 rings (SSSR count). The van der Waals surface area contributed by atoms with Crippen LogP contribution in [0.4, 0.5) is 5.00 Å². The highest BCUT2D eigenvalue weighted by molar-refractivity contribution is 9.09. The van der Waals surface area contributed by atoms with Crippen molar-refractivity contribution in [2.75, 3.05) is 23.3 Å². The Hall–Kier alpha value is -0.610. The second kappa shape index (κ2) is 4.34. The molecule has 16 heavy (non-hydrogen) atoms. The van der Waals surface area contributed by atoms with Gasteiger partial charge in [-0.3, -0.25) is 0 Å². The van der Waals surface area contributed by atoms with E-state index in [4.69, 9.17) is 0 Å². The van der Waals surface area contributed by atoms with Crippen molar-refractivity contribution in [2.45, 2.75) is 6.42 Å². The maximum atomic E-state index is 4.50. The molecule has 0 spiro atoms. The predicted octanol–water partition coefficient (Wildman–Crippen LogP) is 3.52. The van der Waals surface area contributed by atoms with Gasteiger partial charge in [-0.1, -0.05) is 28.1 Å². The van der Waals surface area contributed by atoms with Gasteiger partial charge in [-0.05, 0) is 36.0 Å². The van der Waals surface area contributed by atoms with Gasteiger partial charge in [-0.2, -0.15) is 4.37 Å². The number of nitrogens with zero attached hydrogens (tertiary/aromatic N) is 2. The van der Waals surface area contributed by atoms with E-state index in [-0.39, 0.29) is 0 Å². The second-order valence-electron chi connectivity index (χ2n) is 4.26. The van der Waals surface area contributed by atoms with Crippen LogP contribution >= 0.6 is 27.5 Å². The Morgan fingerprint density at radius 3 is 3.12 bits per heavy atom. The van der Waals surface area contributed by atoms with Crippen LogP contribution < -0.4 is 4.90 Å². The summed E-state index contributed by atoms with van der Waals surface area (Å²) in [5.41, 5.74) is 1.13. The van der Waals surface area contributed by atoms with Gasteiger partial charge < -0.3 is 4.90 Å². The van der Waals surface area contributed by atoms with Gasteiger partial charge in [-0.15, -0.1) is 0 Å². The molecule has 0 N–H and O–H groups in total. The normalized spacial score (nSPS) is 20.8. The second-order valence-corrected chi connectivity index (χ2v) is 5.66. The molecule has 4 heteroatoms. The highest BCUT2D eigenvalue weighted by Crippen LogP contribution is 2.34. The van der Waals surface area contributed by atoms with E-state index >= 15 is 0 Å². The van der Waals surface area contributed by atoms with E-state index in [0.717, 1.165) is 23.3 Å². The number of anilines is 1. The summed E-state index contributed by atoms with van der Waals surface area (Å²) < 4.78 is 4.50. The molecule has 0 saturated carbocycles. The molecule has 2 nitrogen and oxygen atoms in total. The monoisotopic (exact) mass is 296 g/mol. The van der Waals surface area contributed by atoms with Crippen molar-refractivity contribution in [3.63, 3.8) is 0 Å². The molecule has 1 aliphatic rings. The van der Waals surface area contributed by atoms with Gasteiger partial charge in [0.05, 0.1) is 5.52 Å². The zero-order chi connectivity index (χ0) is 11.0. The Morgan fingerprint density at radius 1 is 1.44 bits per heavy atom. The summed E-state index contributed by atoms with van der Waals surface area (Å²) in [7, 11) is 0. The number of hydrogen-bond donors (Lipinski definition) is 0. The molecule has 1 aliphatic heterocycles. The fourth-order valence-electron chi connectivity index (χ4n) is 2.25. The fourth-order valence-corrected chi connectivity index (χ4v) is 3.67. The smallest absolute Gasteiger partial charge is 0.119 e. The SMILES string of the molecule is BrCC1CCN(c2snc3ccccc23)C1. The number of benzene rings is 1. The zero-order valence-electron chi connectivity index (χ0n) is 8.90. The standard InChI is InChI=1S/C12H13BrN2S/c13-7-9-5-6-15(8-9)12-10-3-1-2-4-11(10)14-16-12/h1-4,9H,5-8H2. The van der Waals surface area contributed by atoms with Gasteiger partial charge in [0, 0.05) is 23.8 Å². The van der Waals surface area contributed by atoms with Crippen LogP contribution in [0, 0.1) is 5.92 Å². The highest BCUT2D eigenvalue weighted by Gasteiger charge is 2.24. The first-order valence-corrected chi connectivity index (χ1v) is 7.43. The Labute approximate surface area is 108 Å². The molecule has 0 radical (unpaired) electrons. The Morgan fingerprint density at radius 2 is 2.31 bits per heavy atom. The summed E-state index contributed by atoms with van der Waals surface area (Å²) in [6.07, 6.45) is 1.29. The van der Waals surface area contributed by atoms with Crippen molar-refractivity contribution in [2.24, 2.45) is 5.92 Å². The summed E-state index contributed by atoms with van der Waals surface area (Å²) in [5, 5.41) is 3.77. The molecule has 1 fully saturated rings. The molecule has 1 aromatic carbocycles. The van der Waals surface area contributed by atoms with Gasteiger partial charge in [-0.25, -0.2) is 0 Å². The van der Waals surface area contributed by atoms with E-state index in [0.29, 0.717) is 0 Å². The number of halogens is 1. The third kappa shape index (κ3) is 1.74. The molecule has 2 heterocycles. The van der Waals surface area contributed by atoms with Crippen LogP contribution in [0.1, 0.15) is 6.42 Å². The number of rotatable bonds is 2. The van der Waals surface area contributed by atoms with Crippen LogP contribution in [0.25, 0.3) is 10.9 Å². The van der Waals surface area contributed by atoms with Gasteiger partial charge in [0.25, 0.3) is 0 Å². The topological polar surface area (TPSA) is 16.1 Å². The molecule has 1 atom stereocenters. The third-order valence-corrected chi connectivity index (χ3v) is 5.01. The van der Waals surface area contributed by atoms with Crippen molar-refractivity contribution >= 4 is 43.4 Å². The molecule has 1 saturated heterocycles. The zero-order valence-corrected chi connectivity index (χ0v) is 11.3. The van der Waals surface area contributed by atoms with E-state index in [1.54, 1.807) is 11.5 Å². The average molecular weight is 297 g/mol. The van der Waals surface area contributed by atoms with Crippen molar-refractivity contribution in [1.29, 1.82) is 0 Å². The minimum atomic E-state index is 0.792. The first kappa shape index (κ1) is 10.5. The van der Waals surface area contributed by atoms with E-state index in [9.17, 15) is 0 Å². The molecular formula is C12H13BrN2S. The lowest BCUT2D eigenvalue weighted by molar-refractivity contribution is 0.676. The summed E-state index contributed by atoms with van der Waals surface area (Å²) in [6, 6.07) is 8.42. The van der Waals surface area contributed by atoms with E-state index in [1.165, 1.54) is 23.4 Å². The van der Waals surface area contributed by atoms with Crippen molar-refractivity contribution in [3.05, 3.63) is 24.3 Å². The minimum absolute atomic E-state index is 0.792. The molecular weight excluding hydrogens is 284 g/mol. The van der Waals surface area contributed by atoms with Crippen LogP contribution in [-0.2, 0) is 0 Å². The quantitative estimate of drug-likeness (QED) is 0.789.